The van der Waals surface area contributed by atoms with Gasteiger partial charge in [-0.25, -0.2) is 5.48 Å². The van der Waals surface area contributed by atoms with Crippen LogP contribution in [0.4, 0.5) is 0 Å². The zero-order chi connectivity index (χ0) is 20.8. The second-order valence-electron chi connectivity index (χ2n) is 9.29. The van der Waals surface area contributed by atoms with Gasteiger partial charge >= 0.3 is 0 Å². The molecule has 2 atom stereocenters. The van der Waals surface area contributed by atoms with E-state index in [4.69, 9.17) is 0 Å². The van der Waals surface area contributed by atoms with Gasteiger partial charge in [-0.2, -0.15) is 0 Å². The normalized spacial score (nSPS) is 26.2. The molecule has 1 spiro atoms. The van der Waals surface area contributed by atoms with Gasteiger partial charge in [0.25, 0.3) is 0 Å². The number of nitrogens with zero attached hydrogens (tertiary/aromatic N) is 2. The fourth-order valence-electron chi connectivity index (χ4n) is 5.27. The average molecular weight is 398 g/mol. The van der Waals surface area contributed by atoms with Gasteiger partial charge in [0, 0.05) is 19.6 Å². The molecule has 2 fully saturated rings. The maximum absolute atomic E-state index is 13.4. The molecule has 1 saturated carbocycles. The number of nitrogens with one attached hydrogen (secondary N) is 1. The molecule has 1 aromatic carbocycles. The van der Waals surface area contributed by atoms with Crippen molar-refractivity contribution in [3.8, 4) is 0 Å². The van der Waals surface area contributed by atoms with E-state index < -0.39 is 17.9 Å². The highest BCUT2D eigenvalue weighted by Crippen LogP contribution is 2.54. The van der Waals surface area contributed by atoms with Gasteiger partial charge in [-0.15, -0.1) is 0 Å². The molecule has 6 nitrogen and oxygen atoms in total. The molecule has 1 saturated heterocycles. The number of aryl methyl sites for hydroxylation is 2. The van der Waals surface area contributed by atoms with Crippen molar-refractivity contribution < 1.29 is 14.8 Å². The third kappa shape index (κ3) is 3.96. The highest BCUT2D eigenvalue weighted by molar-refractivity contribution is 5.90. The van der Waals surface area contributed by atoms with E-state index in [9.17, 15) is 14.8 Å². The van der Waals surface area contributed by atoms with Crippen LogP contribution in [0.25, 0.3) is 5.57 Å². The van der Waals surface area contributed by atoms with E-state index in [0.717, 1.165) is 25.8 Å². The SMILES string of the molecule is Cc1cc(C)cc(C2=CCN(C(=O)[C@@H]3[C@@H](C(=O)NO)CC4(CC4)CN3C)CC2)c1. The molecular weight excluding hydrogens is 366 g/mol. The van der Waals surface area contributed by atoms with E-state index in [-0.39, 0.29) is 11.3 Å². The summed E-state index contributed by atoms with van der Waals surface area (Å²) in [7, 11) is 1.93. The summed E-state index contributed by atoms with van der Waals surface area (Å²) in [5, 5.41) is 9.23. The molecule has 2 amide bonds. The Balaban J connectivity index is 1.50. The van der Waals surface area contributed by atoms with Crippen LogP contribution in [-0.2, 0) is 9.59 Å². The lowest BCUT2D eigenvalue weighted by Crippen LogP contribution is -2.59. The number of carbonyl (C=O) groups excluding carboxylic acids is 2. The Morgan fingerprint density at radius 3 is 2.41 bits per heavy atom. The van der Waals surface area contributed by atoms with E-state index in [1.54, 1.807) is 5.48 Å². The number of rotatable bonds is 3. The van der Waals surface area contributed by atoms with Crippen LogP contribution in [0.2, 0.25) is 0 Å². The van der Waals surface area contributed by atoms with Crippen molar-refractivity contribution in [1.29, 1.82) is 0 Å². The fraction of sp³-hybridized carbons (Fsp3) is 0.565. The summed E-state index contributed by atoms with van der Waals surface area (Å²) >= 11 is 0. The average Bonchev–Trinajstić information content (AvgIpc) is 3.44. The molecule has 3 aliphatic rings. The molecule has 29 heavy (non-hydrogen) atoms. The van der Waals surface area contributed by atoms with Gasteiger partial charge in [0.2, 0.25) is 11.8 Å². The van der Waals surface area contributed by atoms with Crippen molar-refractivity contribution in [2.45, 2.75) is 45.6 Å². The standard InChI is InChI=1S/C23H31N3O3/c1-15-10-16(2)12-18(11-15)17-4-8-26(9-5-17)22(28)20-19(21(27)24-29)13-23(6-7-23)14-25(20)3/h4,10-12,19-20,29H,5-9,13-14H2,1-3H3,(H,24,27)/t19-,20-/m0/s1. The van der Waals surface area contributed by atoms with Crippen LogP contribution in [-0.4, -0.2) is 59.5 Å². The minimum Gasteiger partial charge on any atom is -0.337 e. The molecule has 0 bridgehead atoms. The van der Waals surface area contributed by atoms with Crippen molar-refractivity contribution >= 4 is 17.4 Å². The molecule has 2 heterocycles. The number of hydrogen-bond acceptors (Lipinski definition) is 4. The van der Waals surface area contributed by atoms with Gasteiger partial charge in [-0.1, -0.05) is 35.4 Å². The number of amides is 2. The number of hydroxylamine groups is 1. The first kappa shape index (κ1) is 20.1. The summed E-state index contributed by atoms with van der Waals surface area (Å²) in [5.41, 5.74) is 6.95. The van der Waals surface area contributed by atoms with E-state index in [2.05, 4.69) is 38.1 Å². The van der Waals surface area contributed by atoms with Crippen molar-refractivity contribution in [1.82, 2.24) is 15.3 Å². The number of likely N-dealkylation sites (tertiary alicyclic amines) is 1. The molecule has 6 heteroatoms. The smallest absolute Gasteiger partial charge is 0.248 e. The maximum atomic E-state index is 13.4. The van der Waals surface area contributed by atoms with Gasteiger partial charge in [0.15, 0.2) is 0 Å². The maximum Gasteiger partial charge on any atom is 0.248 e. The van der Waals surface area contributed by atoms with Crippen LogP contribution in [0.5, 0.6) is 0 Å². The number of benzene rings is 1. The predicted molar refractivity (Wildman–Crippen MR) is 111 cm³/mol. The summed E-state index contributed by atoms with van der Waals surface area (Å²) in [6, 6.07) is 6.05. The van der Waals surface area contributed by atoms with Crippen LogP contribution in [0.3, 0.4) is 0 Å². The summed E-state index contributed by atoms with van der Waals surface area (Å²) in [6.07, 6.45) is 5.82. The topological polar surface area (TPSA) is 72.9 Å². The van der Waals surface area contributed by atoms with Crippen molar-refractivity contribution in [3.63, 3.8) is 0 Å². The Morgan fingerprint density at radius 1 is 1.17 bits per heavy atom. The number of likely N-dealkylation sites (N-methyl/N-ethyl adjacent to an activating group) is 1. The summed E-state index contributed by atoms with van der Waals surface area (Å²) in [5.74, 6) is -0.949. The second-order valence-corrected chi connectivity index (χ2v) is 9.29. The molecule has 156 valence electrons. The first-order valence-corrected chi connectivity index (χ1v) is 10.5. The monoisotopic (exact) mass is 397 g/mol. The van der Waals surface area contributed by atoms with Crippen LogP contribution in [0, 0.1) is 25.2 Å². The Bertz CT molecular complexity index is 839. The molecule has 1 aromatic rings. The van der Waals surface area contributed by atoms with Gasteiger partial charge in [-0.05, 0) is 63.1 Å². The Labute approximate surface area is 172 Å². The molecule has 0 unspecified atom stereocenters. The minimum atomic E-state index is -0.510. The van der Waals surface area contributed by atoms with Crippen LogP contribution in [0.1, 0.15) is 42.4 Å². The Hall–Kier alpha value is -2.18. The Kier molecular flexibility index (Phi) is 5.25. The van der Waals surface area contributed by atoms with Gasteiger partial charge in [0.1, 0.15) is 6.04 Å². The summed E-state index contributed by atoms with van der Waals surface area (Å²) < 4.78 is 0. The van der Waals surface area contributed by atoms with E-state index in [0.29, 0.717) is 19.5 Å². The lowest BCUT2D eigenvalue weighted by molar-refractivity contribution is -0.150. The summed E-state index contributed by atoms with van der Waals surface area (Å²) in [4.78, 5) is 29.6. The first-order chi connectivity index (χ1) is 13.8. The molecule has 4 rings (SSSR count). The highest BCUT2D eigenvalue weighted by atomic mass is 16.5. The molecule has 0 radical (unpaired) electrons. The molecule has 2 aliphatic heterocycles. The molecule has 2 N–H and O–H groups in total. The lowest BCUT2D eigenvalue weighted by Gasteiger charge is -2.43. The van der Waals surface area contributed by atoms with E-state index in [1.807, 2.05) is 16.8 Å². The summed E-state index contributed by atoms with van der Waals surface area (Å²) in [6.45, 7) is 6.27. The van der Waals surface area contributed by atoms with Crippen LogP contribution >= 0.6 is 0 Å². The lowest BCUT2D eigenvalue weighted by atomic mass is 9.80. The van der Waals surface area contributed by atoms with E-state index in [1.165, 1.54) is 22.3 Å². The van der Waals surface area contributed by atoms with Gasteiger partial charge in [0.05, 0.1) is 5.92 Å². The number of piperidine rings is 1. The first-order valence-electron chi connectivity index (χ1n) is 10.5. The van der Waals surface area contributed by atoms with E-state index >= 15 is 0 Å². The van der Waals surface area contributed by atoms with Gasteiger partial charge < -0.3 is 4.90 Å². The van der Waals surface area contributed by atoms with Crippen molar-refractivity contribution in [2.24, 2.45) is 11.3 Å². The van der Waals surface area contributed by atoms with Crippen molar-refractivity contribution in [3.05, 3.63) is 41.0 Å². The molecule has 0 aromatic heterocycles. The minimum absolute atomic E-state index is 0.00711. The zero-order valence-corrected chi connectivity index (χ0v) is 17.6. The predicted octanol–water partition coefficient (Wildman–Crippen LogP) is 2.53. The largest absolute Gasteiger partial charge is 0.337 e. The Morgan fingerprint density at radius 2 is 1.86 bits per heavy atom. The van der Waals surface area contributed by atoms with Crippen molar-refractivity contribution in [2.75, 3.05) is 26.7 Å². The quantitative estimate of drug-likeness (QED) is 0.607. The zero-order valence-electron chi connectivity index (χ0n) is 17.6. The molecule has 1 aliphatic carbocycles. The third-order valence-electron chi connectivity index (χ3n) is 6.86. The molecular formula is C23H31N3O3. The third-order valence-corrected chi connectivity index (χ3v) is 6.86. The number of carbonyl (C=O) groups is 2. The number of hydrogen-bond donors (Lipinski definition) is 2. The van der Waals surface area contributed by atoms with Gasteiger partial charge in [-0.3, -0.25) is 19.7 Å². The second kappa shape index (κ2) is 7.58. The van der Waals surface area contributed by atoms with Crippen LogP contribution in [0.15, 0.2) is 24.3 Å². The fourth-order valence-corrected chi connectivity index (χ4v) is 5.27. The van der Waals surface area contributed by atoms with Crippen LogP contribution < -0.4 is 5.48 Å². The highest BCUT2D eigenvalue weighted by Gasteiger charge is 2.55.